The minimum atomic E-state index is 0.338. The van der Waals surface area contributed by atoms with Crippen LogP contribution in [0.4, 0.5) is 0 Å². The Morgan fingerprint density at radius 1 is 1.33 bits per heavy atom. The number of ether oxygens (including phenoxy) is 1. The average Bonchev–Trinajstić information content (AvgIpc) is 1.99. The van der Waals surface area contributed by atoms with Gasteiger partial charge in [-0.05, 0) is 6.92 Å². The van der Waals surface area contributed by atoms with Crippen LogP contribution in [0.25, 0.3) is 0 Å². The smallest absolute Gasteiger partial charge is 0.157 e. The van der Waals surface area contributed by atoms with Gasteiger partial charge >= 0.3 is 0 Å². The Morgan fingerprint density at radius 2 is 1.92 bits per heavy atom. The van der Waals surface area contributed by atoms with Crippen LogP contribution in [0.15, 0.2) is 6.07 Å². The fourth-order valence-electron chi connectivity index (χ4n) is 0.692. The summed E-state index contributed by atoms with van der Waals surface area (Å²) >= 11 is 11.3. The number of aromatic nitrogens is 2. The third-order valence-corrected chi connectivity index (χ3v) is 1.53. The monoisotopic (exact) mass is 206 g/mol. The molecular weight excluding hydrogens is 199 g/mol. The van der Waals surface area contributed by atoms with Crippen molar-refractivity contribution in [3.05, 3.63) is 22.2 Å². The number of nitrogens with zero attached hydrogens (tertiary/aromatic N) is 2. The van der Waals surface area contributed by atoms with Gasteiger partial charge in [0.15, 0.2) is 5.82 Å². The number of hydrogen-bond donors (Lipinski definition) is 0. The number of hydrogen-bond acceptors (Lipinski definition) is 3. The molecule has 1 heterocycles. The second-order valence-electron chi connectivity index (χ2n) is 2.07. The van der Waals surface area contributed by atoms with Crippen LogP contribution in [0.2, 0.25) is 10.3 Å². The first-order chi connectivity index (χ1) is 5.72. The van der Waals surface area contributed by atoms with Crippen molar-refractivity contribution in [1.82, 2.24) is 9.97 Å². The normalized spacial score (nSPS) is 10.2. The molecule has 0 aliphatic carbocycles. The average molecular weight is 207 g/mol. The van der Waals surface area contributed by atoms with Crippen molar-refractivity contribution >= 4 is 23.2 Å². The third kappa shape index (κ3) is 2.93. The fourth-order valence-corrected chi connectivity index (χ4v) is 1.15. The summed E-state index contributed by atoms with van der Waals surface area (Å²) in [4.78, 5) is 7.83. The molecule has 0 bridgehead atoms. The lowest BCUT2D eigenvalue weighted by molar-refractivity contribution is 0.128. The lowest BCUT2D eigenvalue weighted by Gasteiger charge is -2.00. The third-order valence-electron chi connectivity index (χ3n) is 1.15. The van der Waals surface area contributed by atoms with Crippen molar-refractivity contribution in [2.45, 2.75) is 13.5 Å². The lowest BCUT2D eigenvalue weighted by Crippen LogP contribution is -1.98. The Bertz CT molecular complexity index is 247. The predicted octanol–water partition coefficient (Wildman–Crippen LogP) is 2.32. The molecule has 0 unspecified atom stereocenters. The van der Waals surface area contributed by atoms with E-state index in [4.69, 9.17) is 27.9 Å². The van der Waals surface area contributed by atoms with Gasteiger partial charge in [0.1, 0.15) is 16.9 Å². The van der Waals surface area contributed by atoms with E-state index in [1.54, 1.807) is 0 Å². The van der Waals surface area contributed by atoms with Gasteiger partial charge in [0, 0.05) is 12.7 Å². The zero-order valence-electron chi connectivity index (χ0n) is 6.55. The Balaban J connectivity index is 2.72. The molecule has 0 fully saturated rings. The number of rotatable bonds is 3. The summed E-state index contributed by atoms with van der Waals surface area (Å²) < 4.78 is 5.09. The molecule has 0 amide bonds. The van der Waals surface area contributed by atoms with Crippen LogP contribution < -0.4 is 0 Å². The first-order valence-corrected chi connectivity index (χ1v) is 4.24. The van der Waals surface area contributed by atoms with Crippen LogP contribution in [-0.4, -0.2) is 16.6 Å². The molecule has 5 heteroatoms. The highest BCUT2D eigenvalue weighted by atomic mass is 35.5. The molecule has 0 atom stereocenters. The van der Waals surface area contributed by atoms with Gasteiger partial charge in [-0.2, -0.15) is 0 Å². The zero-order chi connectivity index (χ0) is 8.97. The van der Waals surface area contributed by atoms with Crippen molar-refractivity contribution in [3.63, 3.8) is 0 Å². The van der Waals surface area contributed by atoms with Gasteiger partial charge in [-0.25, -0.2) is 9.97 Å². The van der Waals surface area contributed by atoms with Gasteiger partial charge in [0.05, 0.1) is 0 Å². The molecule has 3 nitrogen and oxygen atoms in total. The highest BCUT2D eigenvalue weighted by Crippen LogP contribution is 2.11. The summed E-state index contributed by atoms with van der Waals surface area (Å²) in [5.41, 5.74) is 0. The molecule has 0 saturated carbocycles. The summed E-state index contributed by atoms with van der Waals surface area (Å²) in [6, 6.07) is 1.48. The quantitative estimate of drug-likeness (QED) is 0.713. The Kier molecular flexibility index (Phi) is 3.72. The Morgan fingerprint density at radius 3 is 2.42 bits per heavy atom. The largest absolute Gasteiger partial charge is 0.374 e. The maximum absolute atomic E-state index is 5.64. The minimum absolute atomic E-state index is 0.338. The van der Waals surface area contributed by atoms with Crippen LogP contribution in [-0.2, 0) is 11.3 Å². The highest BCUT2D eigenvalue weighted by molar-refractivity contribution is 6.33. The molecule has 1 aromatic heterocycles. The molecule has 0 spiro atoms. The molecule has 0 aliphatic heterocycles. The van der Waals surface area contributed by atoms with Crippen LogP contribution in [0.1, 0.15) is 12.7 Å². The molecule has 0 aromatic carbocycles. The maximum atomic E-state index is 5.64. The van der Waals surface area contributed by atoms with Gasteiger partial charge < -0.3 is 4.74 Å². The van der Waals surface area contributed by atoms with Crippen LogP contribution in [0.5, 0.6) is 0 Å². The summed E-state index contributed by atoms with van der Waals surface area (Å²) in [7, 11) is 0. The summed E-state index contributed by atoms with van der Waals surface area (Å²) in [5.74, 6) is 0.509. The van der Waals surface area contributed by atoms with Crippen LogP contribution >= 0.6 is 23.2 Å². The van der Waals surface area contributed by atoms with Gasteiger partial charge in [-0.15, -0.1) is 0 Å². The summed E-state index contributed by atoms with van der Waals surface area (Å²) in [6.07, 6.45) is 0. The van der Waals surface area contributed by atoms with E-state index in [0.717, 1.165) is 0 Å². The topological polar surface area (TPSA) is 35.0 Å². The van der Waals surface area contributed by atoms with Crippen molar-refractivity contribution in [2.24, 2.45) is 0 Å². The van der Waals surface area contributed by atoms with Gasteiger partial charge in [-0.3, -0.25) is 0 Å². The van der Waals surface area contributed by atoms with Crippen molar-refractivity contribution in [3.8, 4) is 0 Å². The van der Waals surface area contributed by atoms with Crippen LogP contribution in [0.3, 0.4) is 0 Å². The molecule has 0 aliphatic rings. The second-order valence-corrected chi connectivity index (χ2v) is 2.84. The molecule has 1 aromatic rings. The van der Waals surface area contributed by atoms with E-state index >= 15 is 0 Å². The predicted molar refractivity (Wildman–Crippen MR) is 47.4 cm³/mol. The molecule has 12 heavy (non-hydrogen) atoms. The Labute approximate surface area is 80.7 Å². The van der Waals surface area contributed by atoms with Gasteiger partial charge in [0.25, 0.3) is 0 Å². The first-order valence-electron chi connectivity index (χ1n) is 3.49. The maximum Gasteiger partial charge on any atom is 0.157 e. The SMILES string of the molecule is CCOCc1nc(Cl)cc(Cl)n1. The Hall–Kier alpha value is -0.380. The van der Waals surface area contributed by atoms with E-state index in [-0.39, 0.29) is 0 Å². The standard InChI is InChI=1S/C7H8Cl2N2O/c1-2-12-4-7-10-5(8)3-6(9)11-7/h3H,2,4H2,1H3. The van der Waals surface area contributed by atoms with E-state index < -0.39 is 0 Å². The molecule has 0 radical (unpaired) electrons. The van der Waals surface area contributed by atoms with Crippen molar-refractivity contribution in [1.29, 1.82) is 0 Å². The minimum Gasteiger partial charge on any atom is -0.374 e. The fraction of sp³-hybridized carbons (Fsp3) is 0.429. The second kappa shape index (κ2) is 4.60. The molecule has 66 valence electrons. The first kappa shape index (κ1) is 9.71. The van der Waals surface area contributed by atoms with Crippen molar-refractivity contribution in [2.75, 3.05) is 6.61 Å². The zero-order valence-corrected chi connectivity index (χ0v) is 8.06. The molecular formula is C7H8Cl2N2O. The summed E-state index contributed by atoms with van der Waals surface area (Å²) in [5, 5.41) is 0.675. The van der Waals surface area contributed by atoms with E-state index in [2.05, 4.69) is 9.97 Å². The molecule has 1 rings (SSSR count). The van der Waals surface area contributed by atoms with E-state index in [0.29, 0.717) is 29.3 Å². The van der Waals surface area contributed by atoms with Gasteiger partial charge in [-0.1, -0.05) is 23.2 Å². The van der Waals surface area contributed by atoms with Crippen LogP contribution in [0, 0.1) is 0 Å². The molecule has 0 N–H and O–H groups in total. The van der Waals surface area contributed by atoms with E-state index in [1.165, 1.54) is 6.07 Å². The number of halogens is 2. The van der Waals surface area contributed by atoms with Crippen molar-refractivity contribution < 1.29 is 4.74 Å². The highest BCUT2D eigenvalue weighted by Gasteiger charge is 2.00. The molecule has 0 saturated heterocycles. The van der Waals surface area contributed by atoms with E-state index in [9.17, 15) is 0 Å². The van der Waals surface area contributed by atoms with E-state index in [1.807, 2.05) is 6.92 Å². The lowest BCUT2D eigenvalue weighted by atomic mass is 10.6. The summed E-state index contributed by atoms with van der Waals surface area (Å²) in [6.45, 7) is 2.86. The van der Waals surface area contributed by atoms with Gasteiger partial charge in [0.2, 0.25) is 0 Å².